The molecule has 63 heavy (non-hydrogen) atoms. The first-order chi connectivity index (χ1) is 30.3. The molecule has 6 aliphatic rings. The van der Waals surface area contributed by atoms with Crippen molar-refractivity contribution in [2.75, 3.05) is 38.3 Å². The first kappa shape index (κ1) is 44.1. The summed E-state index contributed by atoms with van der Waals surface area (Å²) < 4.78 is 20.1. The molecule has 3 aliphatic heterocycles. The number of fused-ring (bicyclic) bond motifs is 6. The Labute approximate surface area is 375 Å². The van der Waals surface area contributed by atoms with Gasteiger partial charge in [-0.15, -0.1) is 0 Å². The number of allylic oxidation sites excluding steroid dienone is 1. The molecule has 0 bridgehead atoms. The van der Waals surface area contributed by atoms with Crippen molar-refractivity contribution in [3.05, 3.63) is 86.4 Å². The molecule has 3 aromatic rings. The number of aliphatic hydroxyl groups is 2. The van der Waals surface area contributed by atoms with Crippen LogP contribution in [0.3, 0.4) is 0 Å². The number of pyridine rings is 1. The summed E-state index contributed by atoms with van der Waals surface area (Å²) in [5.41, 5.74) is 7.60. The van der Waals surface area contributed by atoms with Crippen molar-refractivity contribution in [3.8, 4) is 5.75 Å². The fraction of sp³-hybridized carbons (Fsp3) is 0.562. The van der Waals surface area contributed by atoms with Crippen LogP contribution in [0.15, 0.2) is 63.0 Å². The zero-order chi connectivity index (χ0) is 44.4. The van der Waals surface area contributed by atoms with E-state index in [0.29, 0.717) is 84.2 Å². The smallest absolute Gasteiger partial charge is 0.340 e. The number of amides is 1. The predicted octanol–water partition coefficient (Wildman–Crippen LogP) is 5.57. The topological polar surface area (TPSA) is 195 Å². The summed E-state index contributed by atoms with van der Waals surface area (Å²) in [6, 6.07) is 7.50. The Balaban J connectivity index is 1.18. The number of aliphatic hydroxyl groups excluding tert-OH is 2. The molecule has 3 aliphatic carbocycles. The predicted molar refractivity (Wildman–Crippen MR) is 244 cm³/mol. The van der Waals surface area contributed by atoms with Crippen molar-refractivity contribution in [3.63, 3.8) is 0 Å². The van der Waals surface area contributed by atoms with Crippen LogP contribution in [0.2, 0.25) is 0 Å². The molecule has 0 radical (unpaired) electrons. The third-order valence-electron chi connectivity index (χ3n) is 15.7. The zero-order valence-electron chi connectivity index (χ0n) is 36.4. The number of nitrogens with one attached hydrogen (secondary N) is 1. The summed E-state index contributed by atoms with van der Waals surface area (Å²) in [4.78, 5) is 61.4. The van der Waals surface area contributed by atoms with Crippen molar-refractivity contribution >= 4 is 56.5 Å². The first-order valence-corrected chi connectivity index (χ1v) is 24.7. The molecule has 1 spiro atoms. The number of aromatic nitrogens is 1. The number of nitrogens with zero attached hydrogens (tertiary/aromatic N) is 2. The molecule has 2 aromatic heterocycles. The van der Waals surface area contributed by atoms with Gasteiger partial charge in [0.25, 0.3) is 0 Å². The maximum Gasteiger partial charge on any atom is 0.340 e. The number of benzene rings is 1. The van der Waals surface area contributed by atoms with E-state index >= 15 is 0 Å². The van der Waals surface area contributed by atoms with Crippen LogP contribution in [0.4, 0.5) is 5.82 Å². The number of nitrogens with two attached hydrogens (primary N) is 1. The minimum Gasteiger partial charge on any atom is -0.481 e. The zero-order valence-corrected chi connectivity index (χ0v) is 38.0. The summed E-state index contributed by atoms with van der Waals surface area (Å²) in [5.74, 6) is 0.00676. The van der Waals surface area contributed by atoms with Gasteiger partial charge in [0, 0.05) is 95.7 Å². The van der Waals surface area contributed by atoms with Crippen LogP contribution in [0, 0.1) is 17.8 Å². The van der Waals surface area contributed by atoms with Gasteiger partial charge in [-0.1, -0.05) is 52.2 Å². The number of anilines is 1. The third-order valence-corrected chi connectivity index (χ3v) is 18.5. The molecule has 5 heterocycles. The van der Waals surface area contributed by atoms with Crippen molar-refractivity contribution in [1.82, 2.24) is 15.2 Å². The van der Waals surface area contributed by atoms with Gasteiger partial charge in [0.15, 0.2) is 11.2 Å². The van der Waals surface area contributed by atoms with Gasteiger partial charge in [-0.05, 0) is 94.3 Å². The summed E-state index contributed by atoms with van der Waals surface area (Å²) in [6.45, 7) is 5.75. The normalized spacial score (nSPS) is 31.6. The van der Waals surface area contributed by atoms with Gasteiger partial charge < -0.3 is 44.8 Å². The average molecular weight is 899 g/mol. The van der Waals surface area contributed by atoms with Crippen LogP contribution in [0.1, 0.15) is 93.9 Å². The van der Waals surface area contributed by atoms with Gasteiger partial charge in [-0.3, -0.25) is 4.79 Å². The molecule has 15 heteroatoms. The molecule has 5 N–H and O–H groups in total. The average Bonchev–Trinajstić information content (AvgIpc) is 3.90. The van der Waals surface area contributed by atoms with Gasteiger partial charge in [0.1, 0.15) is 23.4 Å². The second kappa shape index (κ2) is 17.0. The summed E-state index contributed by atoms with van der Waals surface area (Å²) in [6.07, 6.45) is 11.6. The Bertz CT molecular complexity index is 2450. The SMILES string of the molecule is C/C=C(\C)C(=O)O[C@]1(C)CC=C2CSS[C@@H]3C[C@H](C=O)[C@@H](NC)[C@H]4CN(C(=O)Cc5cnc(N)cc5[C@@H]2[C@]12Cc1cc5cc(C6([C@H](CO)CCO)CCCC6)c(=O)oc5cc1O2)[C@H]43. The lowest BCUT2D eigenvalue weighted by molar-refractivity contribution is -0.183. The molecule has 336 valence electrons. The molecule has 1 amide bonds. The number of ether oxygens (including phenoxy) is 2. The molecule has 0 unspecified atom stereocenters. The lowest BCUT2D eigenvalue weighted by Gasteiger charge is -2.58. The number of hydrogen-bond acceptors (Lipinski definition) is 14. The molecule has 13 nitrogen and oxygen atoms in total. The highest BCUT2D eigenvalue weighted by molar-refractivity contribution is 8.77. The Morgan fingerprint density at radius 1 is 1.17 bits per heavy atom. The summed E-state index contributed by atoms with van der Waals surface area (Å²) in [7, 11) is 5.34. The fourth-order valence-corrected chi connectivity index (χ4v) is 15.4. The molecule has 1 aromatic carbocycles. The number of aldehydes is 1. The maximum absolute atomic E-state index is 14.5. The van der Waals surface area contributed by atoms with Crippen LogP contribution in [-0.2, 0) is 37.4 Å². The lowest BCUT2D eigenvalue weighted by atomic mass is 9.61. The molecule has 1 saturated heterocycles. The van der Waals surface area contributed by atoms with Crippen molar-refractivity contribution < 1.29 is 38.5 Å². The maximum atomic E-state index is 14.5. The number of rotatable bonds is 9. The molecular formula is C48H58N4O9S2. The Hall–Kier alpha value is -4.15. The summed E-state index contributed by atoms with van der Waals surface area (Å²) >= 11 is 0. The van der Waals surface area contributed by atoms with Crippen LogP contribution >= 0.6 is 21.6 Å². The molecule has 9 rings (SSSR count). The van der Waals surface area contributed by atoms with Crippen molar-refractivity contribution in [2.24, 2.45) is 17.8 Å². The third kappa shape index (κ3) is 7.15. The highest BCUT2D eigenvalue weighted by atomic mass is 33.1. The van der Waals surface area contributed by atoms with E-state index < -0.39 is 34.1 Å². The van der Waals surface area contributed by atoms with Gasteiger partial charge in [-0.2, -0.15) is 0 Å². The number of carbonyl (C=O) groups is 3. The summed E-state index contributed by atoms with van der Waals surface area (Å²) in [5, 5.41) is 24.6. The van der Waals surface area contributed by atoms with Gasteiger partial charge in [0.2, 0.25) is 5.91 Å². The van der Waals surface area contributed by atoms with E-state index in [-0.39, 0.29) is 66.4 Å². The van der Waals surface area contributed by atoms with Crippen molar-refractivity contribution in [2.45, 2.75) is 118 Å². The van der Waals surface area contributed by atoms with Crippen LogP contribution < -0.4 is 21.4 Å². The van der Waals surface area contributed by atoms with Gasteiger partial charge >= 0.3 is 11.6 Å². The van der Waals surface area contributed by atoms with E-state index in [1.165, 1.54) is 0 Å². The monoisotopic (exact) mass is 898 g/mol. The highest BCUT2D eigenvalue weighted by Crippen LogP contribution is 2.59. The molecular weight excluding hydrogens is 841 g/mol. The van der Waals surface area contributed by atoms with Gasteiger partial charge in [-0.25, -0.2) is 14.6 Å². The minimum absolute atomic E-state index is 0.00175. The number of nitrogen functional groups attached to an aromatic ring is 1. The fourth-order valence-electron chi connectivity index (χ4n) is 12.2. The van der Waals surface area contributed by atoms with Gasteiger partial charge in [0.05, 0.1) is 18.4 Å². The highest BCUT2D eigenvalue weighted by Gasteiger charge is 2.64. The quantitative estimate of drug-likeness (QED) is 0.0520. The van der Waals surface area contributed by atoms with Crippen LogP contribution in [0.25, 0.3) is 11.0 Å². The second-order valence-electron chi connectivity index (χ2n) is 18.8. The van der Waals surface area contributed by atoms with E-state index in [2.05, 4.69) is 16.4 Å². The number of hydrogen-bond donors (Lipinski definition) is 4. The number of carbonyl (C=O) groups excluding carboxylic acids is 3. The van der Waals surface area contributed by atoms with Crippen LogP contribution in [0.5, 0.6) is 5.75 Å². The molecule has 9 atom stereocenters. The van der Waals surface area contributed by atoms with E-state index in [4.69, 9.17) is 19.6 Å². The second-order valence-corrected chi connectivity index (χ2v) is 21.4. The first-order valence-electron chi connectivity index (χ1n) is 22.4. The van der Waals surface area contributed by atoms with Crippen LogP contribution in [-0.4, -0.2) is 99.4 Å². The Morgan fingerprint density at radius 2 is 1.97 bits per heavy atom. The van der Waals surface area contributed by atoms with E-state index in [1.54, 1.807) is 53.8 Å². The Kier molecular flexibility index (Phi) is 11.9. The molecule has 2 saturated carbocycles. The largest absolute Gasteiger partial charge is 0.481 e. The molecule has 3 fully saturated rings. The Morgan fingerprint density at radius 3 is 2.68 bits per heavy atom. The lowest BCUT2D eigenvalue weighted by Crippen LogP contribution is -2.72. The minimum atomic E-state index is -1.27. The van der Waals surface area contributed by atoms with Crippen molar-refractivity contribution in [1.29, 1.82) is 0 Å². The van der Waals surface area contributed by atoms with E-state index in [0.717, 1.165) is 35.8 Å². The van der Waals surface area contributed by atoms with E-state index in [9.17, 15) is 29.4 Å². The standard InChI is InChI=1S/C48H58N4O9S2/c1-5-26(2)44(57)61-46(3)12-8-27-25-62-63-38-16-31(23-54)42(50-4)34-22-52(43(34)38)40(56)17-30-21-51-39(49)18-33(30)41(27)48(46)20-29-14-28-15-35(45(58)59-36(28)19-37(29)60-48)47(10-6-7-11-47)32(24-55)9-13-53/h5,8,14-15,18-19,21,23,31-32,34,38,41-43,50,53,55H,6-7,9-13,16-17,20,22,24-25H2,1-4H3,(H2,49,51)/b26-5+/t31-,32+,34-,38-,41-,42-,43-,46-,48-/m1/s1. The van der Waals surface area contributed by atoms with E-state index in [1.807, 2.05) is 37.1 Å². The number of esters is 1.